The van der Waals surface area contributed by atoms with Gasteiger partial charge in [-0.15, -0.1) is 0 Å². The molecule has 5 atom stereocenters. The second kappa shape index (κ2) is 5.17. The van der Waals surface area contributed by atoms with Crippen molar-refractivity contribution < 1.29 is 20.0 Å². The molecule has 2 aliphatic rings. The van der Waals surface area contributed by atoms with Gasteiger partial charge in [-0.05, 0) is 51.9 Å². The number of aliphatic hydroxyl groups excluding tert-OH is 1. The van der Waals surface area contributed by atoms with E-state index < -0.39 is 17.3 Å². The van der Waals surface area contributed by atoms with Gasteiger partial charge in [0.1, 0.15) is 11.7 Å². The molecule has 1 aliphatic heterocycles. The molecule has 19 heavy (non-hydrogen) atoms. The topological polar surface area (TPSA) is 58.9 Å². The van der Waals surface area contributed by atoms with Gasteiger partial charge >= 0.3 is 0 Å². The number of hydrogen-bond donors (Lipinski definition) is 2. The first kappa shape index (κ1) is 15.0. The van der Waals surface area contributed by atoms with Crippen LogP contribution < -0.4 is 0 Å². The minimum Gasteiger partial charge on any atom is -0.387 e. The van der Waals surface area contributed by atoms with E-state index in [1.807, 2.05) is 13.0 Å². The van der Waals surface area contributed by atoms with Crippen molar-refractivity contribution in [2.45, 2.75) is 70.4 Å². The van der Waals surface area contributed by atoms with E-state index in [4.69, 9.17) is 9.78 Å². The van der Waals surface area contributed by atoms with Gasteiger partial charge in [0.2, 0.25) is 0 Å². The van der Waals surface area contributed by atoms with Gasteiger partial charge in [0.15, 0.2) is 0 Å². The zero-order valence-corrected chi connectivity index (χ0v) is 12.3. The van der Waals surface area contributed by atoms with Crippen LogP contribution >= 0.6 is 0 Å². The molecule has 0 amide bonds. The number of hydrogen-bond acceptors (Lipinski definition) is 4. The minimum atomic E-state index is -1.15. The molecule has 2 fully saturated rings. The van der Waals surface area contributed by atoms with Crippen LogP contribution in [-0.2, 0) is 9.78 Å². The van der Waals surface area contributed by atoms with Gasteiger partial charge in [0, 0.05) is 0 Å². The third-order valence-electron chi connectivity index (χ3n) is 4.62. The summed E-state index contributed by atoms with van der Waals surface area (Å²) in [6, 6.07) is 0. The summed E-state index contributed by atoms with van der Waals surface area (Å²) in [5, 5.41) is 19.6. The van der Waals surface area contributed by atoms with Crippen molar-refractivity contribution in [2.75, 3.05) is 0 Å². The van der Waals surface area contributed by atoms with E-state index >= 15 is 0 Å². The fraction of sp³-hybridized carbons (Fsp3) is 0.867. The molecule has 0 radical (unpaired) electrons. The molecule has 2 rings (SSSR count). The largest absolute Gasteiger partial charge is 0.387 e. The van der Waals surface area contributed by atoms with E-state index in [9.17, 15) is 10.2 Å². The minimum absolute atomic E-state index is 0.194. The lowest BCUT2D eigenvalue weighted by atomic mass is 9.72. The van der Waals surface area contributed by atoms with E-state index in [1.165, 1.54) is 0 Å². The summed E-state index contributed by atoms with van der Waals surface area (Å²) in [4.78, 5) is 11.1. The van der Waals surface area contributed by atoms with Crippen molar-refractivity contribution in [2.24, 2.45) is 11.8 Å². The normalized spacial score (nSPS) is 41.5. The molecule has 1 heterocycles. The predicted molar refractivity (Wildman–Crippen MR) is 72.3 cm³/mol. The fourth-order valence-electron chi connectivity index (χ4n) is 2.85. The zero-order valence-electron chi connectivity index (χ0n) is 12.3. The zero-order chi connectivity index (χ0) is 14.3. The monoisotopic (exact) mass is 270 g/mol. The van der Waals surface area contributed by atoms with Crippen LogP contribution in [0.15, 0.2) is 12.2 Å². The summed E-state index contributed by atoms with van der Waals surface area (Å²) in [6.45, 7) is 7.35. The first-order valence-electron chi connectivity index (χ1n) is 7.16. The van der Waals surface area contributed by atoms with Crippen LogP contribution in [0.5, 0.6) is 0 Å². The van der Waals surface area contributed by atoms with Crippen molar-refractivity contribution in [1.82, 2.24) is 0 Å². The Hall–Kier alpha value is -0.420. The maximum absolute atomic E-state index is 9.86. The van der Waals surface area contributed by atoms with Crippen LogP contribution in [0.2, 0.25) is 0 Å². The maximum Gasteiger partial charge on any atom is 0.122 e. The smallest absolute Gasteiger partial charge is 0.122 e. The van der Waals surface area contributed by atoms with Crippen molar-refractivity contribution in [3.05, 3.63) is 12.2 Å². The molecule has 2 N–H and O–H groups in total. The van der Waals surface area contributed by atoms with E-state index in [2.05, 4.69) is 6.92 Å². The van der Waals surface area contributed by atoms with Crippen LogP contribution in [0.4, 0.5) is 0 Å². The lowest BCUT2D eigenvalue weighted by Gasteiger charge is -2.46. The fourth-order valence-corrected chi connectivity index (χ4v) is 2.85. The van der Waals surface area contributed by atoms with Crippen LogP contribution in [0.25, 0.3) is 0 Å². The maximum atomic E-state index is 9.86. The third-order valence-corrected chi connectivity index (χ3v) is 4.62. The molecular weight excluding hydrogens is 244 g/mol. The Kier molecular flexibility index (Phi) is 4.07. The summed E-state index contributed by atoms with van der Waals surface area (Å²) in [6.07, 6.45) is 6.00. The van der Waals surface area contributed by atoms with Crippen molar-refractivity contribution in [3.63, 3.8) is 0 Å². The Morgan fingerprint density at radius 3 is 2.68 bits per heavy atom. The highest BCUT2D eigenvalue weighted by Crippen LogP contribution is 2.44. The summed E-state index contributed by atoms with van der Waals surface area (Å²) in [7, 11) is 0. The molecule has 3 unspecified atom stereocenters. The Balaban J connectivity index is 2.05. The quantitative estimate of drug-likeness (QED) is 0.610. The van der Waals surface area contributed by atoms with Gasteiger partial charge in [-0.25, -0.2) is 9.78 Å². The molecule has 110 valence electrons. The van der Waals surface area contributed by atoms with Crippen LogP contribution in [-0.4, -0.2) is 33.6 Å². The van der Waals surface area contributed by atoms with Crippen molar-refractivity contribution >= 4 is 0 Å². The first-order valence-corrected chi connectivity index (χ1v) is 7.16. The van der Waals surface area contributed by atoms with Crippen molar-refractivity contribution in [3.8, 4) is 0 Å². The van der Waals surface area contributed by atoms with E-state index in [0.717, 1.165) is 19.3 Å². The molecule has 1 saturated heterocycles. The Morgan fingerprint density at radius 2 is 2.05 bits per heavy atom. The summed E-state index contributed by atoms with van der Waals surface area (Å²) < 4.78 is 0. The standard InChI is InChI=1S/C15H26O4/c1-10-5-6-11-9-12(10)18-19-15(11,4)8-7-13(16)14(2,3)17/h7-8,10-13,16-17H,5-6,9H2,1-4H3/t10?,11?,12?,13-,15-/m1/s1. The lowest BCUT2D eigenvalue weighted by Crippen LogP contribution is -2.49. The Morgan fingerprint density at radius 1 is 1.37 bits per heavy atom. The molecule has 0 spiro atoms. The highest BCUT2D eigenvalue weighted by atomic mass is 17.2. The molecule has 0 aromatic heterocycles. The summed E-state index contributed by atoms with van der Waals surface area (Å²) >= 11 is 0. The van der Waals surface area contributed by atoms with Gasteiger partial charge in [0.25, 0.3) is 0 Å². The molecule has 4 heteroatoms. The van der Waals surface area contributed by atoms with Crippen molar-refractivity contribution in [1.29, 1.82) is 0 Å². The molecule has 0 aromatic rings. The van der Waals surface area contributed by atoms with Crippen LogP contribution in [0.3, 0.4) is 0 Å². The first-order chi connectivity index (χ1) is 8.72. The molecule has 1 saturated carbocycles. The van der Waals surface area contributed by atoms with E-state index in [1.54, 1.807) is 19.9 Å². The summed E-state index contributed by atoms with van der Waals surface area (Å²) in [5.74, 6) is 0.958. The molecular formula is C15H26O4. The third kappa shape index (κ3) is 3.19. The molecule has 2 bridgehead atoms. The number of aliphatic hydroxyl groups is 2. The Labute approximate surface area is 115 Å². The van der Waals surface area contributed by atoms with Gasteiger partial charge in [-0.3, -0.25) is 0 Å². The highest BCUT2D eigenvalue weighted by Gasteiger charge is 2.45. The van der Waals surface area contributed by atoms with E-state index in [0.29, 0.717) is 11.8 Å². The highest BCUT2D eigenvalue weighted by molar-refractivity contribution is 5.09. The van der Waals surface area contributed by atoms with Gasteiger partial charge < -0.3 is 10.2 Å². The van der Waals surface area contributed by atoms with Crippen LogP contribution in [0, 0.1) is 11.8 Å². The average Bonchev–Trinajstić information content (AvgIpc) is 2.33. The average molecular weight is 270 g/mol. The van der Waals surface area contributed by atoms with Gasteiger partial charge in [-0.2, -0.15) is 0 Å². The molecule has 0 aromatic carbocycles. The second-order valence-corrected chi connectivity index (χ2v) is 6.85. The Bertz CT molecular complexity index is 347. The molecule has 1 aliphatic carbocycles. The SMILES string of the molecule is CC1CCC2CC1OO[C@]2(C)C=C[C@@H](O)C(C)(C)O. The van der Waals surface area contributed by atoms with Gasteiger partial charge in [0.05, 0.1) is 11.7 Å². The molecule has 4 nitrogen and oxygen atoms in total. The van der Waals surface area contributed by atoms with Crippen LogP contribution in [0.1, 0.15) is 47.0 Å². The second-order valence-electron chi connectivity index (χ2n) is 6.85. The lowest BCUT2D eigenvalue weighted by molar-refractivity contribution is -0.421. The number of rotatable bonds is 3. The number of fused-ring (bicyclic) bond motifs is 2. The van der Waals surface area contributed by atoms with Gasteiger partial charge in [-0.1, -0.05) is 19.1 Å². The van der Waals surface area contributed by atoms with E-state index in [-0.39, 0.29) is 6.10 Å². The predicted octanol–water partition coefficient (Wildman–Crippen LogP) is 2.20. The summed E-state index contributed by atoms with van der Waals surface area (Å²) in [5.41, 5.74) is -1.66.